The fourth-order valence-corrected chi connectivity index (χ4v) is 4.04. The van der Waals surface area contributed by atoms with E-state index in [1.165, 1.54) is 0 Å². The van der Waals surface area contributed by atoms with Gasteiger partial charge < -0.3 is 20.1 Å². The summed E-state index contributed by atoms with van der Waals surface area (Å²) in [7, 11) is 2.05. The molecule has 1 aromatic heterocycles. The number of nitrogens with one attached hydrogen (secondary N) is 2. The van der Waals surface area contributed by atoms with Gasteiger partial charge in [-0.3, -0.25) is 4.79 Å². The average Bonchev–Trinajstić information content (AvgIpc) is 3.41. The molecule has 1 amide bonds. The Morgan fingerprint density at radius 1 is 1.25 bits per heavy atom. The van der Waals surface area contributed by atoms with E-state index in [9.17, 15) is 4.79 Å². The number of benzene rings is 1. The zero-order valence-corrected chi connectivity index (χ0v) is 16.6. The highest BCUT2D eigenvalue weighted by Crippen LogP contribution is 2.27. The Bertz CT molecular complexity index is 772. The molecular weight excluding hydrogens is 352 g/mol. The van der Waals surface area contributed by atoms with Gasteiger partial charge in [0.25, 0.3) is 0 Å². The molecule has 2 N–H and O–H groups in total. The molecule has 1 saturated carbocycles. The first kappa shape index (κ1) is 19.0. The van der Waals surface area contributed by atoms with Crippen LogP contribution in [0.4, 0.5) is 5.69 Å². The fraction of sp³-hybridized carbons (Fsp3) is 0.545. The summed E-state index contributed by atoms with van der Waals surface area (Å²) >= 11 is 0. The molecule has 28 heavy (non-hydrogen) atoms. The minimum atomic E-state index is 0.213. The van der Waals surface area contributed by atoms with Crippen molar-refractivity contribution < 1.29 is 9.32 Å². The standard InChI is InChI=1S/C22H30N4O2/c1-26(20-5-3-2-4-6-20)15-21-13-19(25-28-21)11-17-14-23-10-9-16(17)12-22(27)24-18-7-8-18/h2-6,13,16-18,23H,7-12,14-15H2,1H3,(H,24,27). The van der Waals surface area contributed by atoms with E-state index in [0.29, 0.717) is 30.8 Å². The number of piperidine rings is 1. The van der Waals surface area contributed by atoms with E-state index in [2.05, 4.69) is 45.9 Å². The molecule has 6 nitrogen and oxygen atoms in total. The van der Waals surface area contributed by atoms with Crippen LogP contribution in [0.5, 0.6) is 0 Å². The third kappa shape index (κ3) is 5.13. The minimum Gasteiger partial charge on any atom is -0.367 e. The maximum absolute atomic E-state index is 12.2. The van der Waals surface area contributed by atoms with Gasteiger partial charge >= 0.3 is 0 Å². The summed E-state index contributed by atoms with van der Waals surface area (Å²) in [6.45, 7) is 2.62. The van der Waals surface area contributed by atoms with Crippen molar-refractivity contribution in [3.8, 4) is 0 Å². The van der Waals surface area contributed by atoms with Gasteiger partial charge in [0, 0.05) is 31.3 Å². The smallest absolute Gasteiger partial charge is 0.220 e. The summed E-state index contributed by atoms with van der Waals surface area (Å²) in [6.07, 6.45) is 4.81. The quantitative estimate of drug-likeness (QED) is 0.735. The van der Waals surface area contributed by atoms with Gasteiger partial charge in [0.15, 0.2) is 5.76 Å². The van der Waals surface area contributed by atoms with Gasteiger partial charge in [0.1, 0.15) is 0 Å². The van der Waals surface area contributed by atoms with Crippen molar-refractivity contribution in [3.63, 3.8) is 0 Å². The number of hydrogen-bond donors (Lipinski definition) is 2. The zero-order chi connectivity index (χ0) is 19.3. The van der Waals surface area contributed by atoms with E-state index in [1.54, 1.807) is 0 Å². The van der Waals surface area contributed by atoms with Crippen molar-refractivity contribution in [2.24, 2.45) is 11.8 Å². The monoisotopic (exact) mass is 382 g/mol. The lowest BCUT2D eigenvalue weighted by Gasteiger charge is -2.31. The molecule has 1 aromatic carbocycles. The second-order valence-electron chi connectivity index (χ2n) is 8.24. The number of carbonyl (C=O) groups is 1. The molecule has 1 aliphatic heterocycles. The van der Waals surface area contributed by atoms with E-state index < -0.39 is 0 Å². The largest absolute Gasteiger partial charge is 0.367 e. The summed E-state index contributed by atoms with van der Waals surface area (Å²) in [5.41, 5.74) is 2.14. The summed E-state index contributed by atoms with van der Waals surface area (Å²) < 4.78 is 5.58. The molecule has 6 heteroatoms. The molecule has 2 fully saturated rings. The van der Waals surface area contributed by atoms with Crippen LogP contribution >= 0.6 is 0 Å². The number of rotatable bonds is 8. The molecule has 2 unspecified atom stereocenters. The fourth-order valence-electron chi connectivity index (χ4n) is 4.04. The lowest BCUT2D eigenvalue weighted by Crippen LogP contribution is -2.40. The molecule has 2 atom stereocenters. The van der Waals surface area contributed by atoms with Crippen molar-refractivity contribution in [3.05, 3.63) is 47.9 Å². The Hall–Kier alpha value is -2.34. The van der Waals surface area contributed by atoms with Gasteiger partial charge in [-0.05, 0) is 62.7 Å². The third-order valence-corrected chi connectivity index (χ3v) is 5.82. The molecule has 1 aliphatic carbocycles. The van der Waals surface area contributed by atoms with Gasteiger partial charge in [0.05, 0.1) is 12.2 Å². The molecule has 2 heterocycles. The first-order valence-corrected chi connectivity index (χ1v) is 10.4. The van der Waals surface area contributed by atoms with Crippen LogP contribution in [0.15, 0.2) is 40.9 Å². The third-order valence-electron chi connectivity index (χ3n) is 5.82. The number of nitrogens with zero attached hydrogens (tertiary/aromatic N) is 2. The summed E-state index contributed by atoms with van der Waals surface area (Å²) in [5.74, 6) is 1.91. The molecular formula is C22H30N4O2. The van der Waals surface area contributed by atoms with E-state index in [1.807, 2.05) is 18.2 Å². The maximum atomic E-state index is 12.2. The molecule has 150 valence electrons. The zero-order valence-electron chi connectivity index (χ0n) is 16.6. The number of anilines is 1. The molecule has 4 rings (SSSR count). The number of hydrogen-bond acceptors (Lipinski definition) is 5. The Morgan fingerprint density at radius 2 is 2.07 bits per heavy atom. The van der Waals surface area contributed by atoms with Crippen LogP contribution < -0.4 is 15.5 Å². The lowest BCUT2D eigenvalue weighted by atomic mass is 9.81. The van der Waals surface area contributed by atoms with Crippen LogP contribution in [0.1, 0.15) is 37.1 Å². The van der Waals surface area contributed by atoms with Crippen molar-refractivity contribution in [2.75, 3.05) is 25.0 Å². The summed E-state index contributed by atoms with van der Waals surface area (Å²) in [5, 5.41) is 10.9. The second-order valence-corrected chi connectivity index (χ2v) is 8.24. The first-order valence-electron chi connectivity index (χ1n) is 10.4. The topological polar surface area (TPSA) is 70.4 Å². The van der Waals surface area contributed by atoms with Crippen molar-refractivity contribution in [2.45, 2.75) is 44.7 Å². The highest BCUT2D eigenvalue weighted by atomic mass is 16.5. The van der Waals surface area contributed by atoms with E-state index >= 15 is 0 Å². The van der Waals surface area contributed by atoms with Crippen LogP contribution in [-0.4, -0.2) is 37.2 Å². The van der Waals surface area contributed by atoms with Crippen molar-refractivity contribution >= 4 is 11.6 Å². The van der Waals surface area contributed by atoms with Crippen LogP contribution in [0.2, 0.25) is 0 Å². The van der Waals surface area contributed by atoms with Gasteiger partial charge in [-0.2, -0.15) is 0 Å². The maximum Gasteiger partial charge on any atom is 0.220 e. The highest BCUT2D eigenvalue weighted by molar-refractivity contribution is 5.76. The Labute approximate surface area is 166 Å². The number of para-hydroxylation sites is 1. The van der Waals surface area contributed by atoms with Crippen LogP contribution in [0, 0.1) is 11.8 Å². The van der Waals surface area contributed by atoms with Crippen molar-refractivity contribution in [1.29, 1.82) is 0 Å². The average molecular weight is 383 g/mol. The Kier molecular flexibility index (Phi) is 5.95. The van der Waals surface area contributed by atoms with Crippen LogP contribution in [0.25, 0.3) is 0 Å². The highest BCUT2D eigenvalue weighted by Gasteiger charge is 2.30. The van der Waals surface area contributed by atoms with Gasteiger partial charge in [-0.1, -0.05) is 23.4 Å². The molecule has 2 aromatic rings. The van der Waals surface area contributed by atoms with Gasteiger partial charge in [-0.15, -0.1) is 0 Å². The Morgan fingerprint density at radius 3 is 2.86 bits per heavy atom. The van der Waals surface area contributed by atoms with E-state index in [4.69, 9.17) is 4.52 Å². The van der Waals surface area contributed by atoms with Gasteiger partial charge in [0.2, 0.25) is 5.91 Å². The SMILES string of the molecule is CN(Cc1cc(CC2CNCCC2CC(=O)NC2CC2)no1)c1ccccc1. The predicted octanol–water partition coefficient (Wildman–Crippen LogP) is 2.75. The van der Waals surface area contributed by atoms with Crippen LogP contribution in [-0.2, 0) is 17.8 Å². The van der Waals surface area contributed by atoms with Crippen LogP contribution in [0.3, 0.4) is 0 Å². The van der Waals surface area contributed by atoms with E-state index in [0.717, 1.165) is 55.9 Å². The number of carbonyl (C=O) groups excluding carboxylic acids is 1. The second kappa shape index (κ2) is 8.78. The molecule has 0 spiro atoms. The summed E-state index contributed by atoms with van der Waals surface area (Å²) in [4.78, 5) is 14.4. The minimum absolute atomic E-state index is 0.213. The summed E-state index contributed by atoms with van der Waals surface area (Å²) in [6, 6.07) is 12.8. The van der Waals surface area contributed by atoms with E-state index in [-0.39, 0.29) is 5.91 Å². The van der Waals surface area contributed by atoms with Gasteiger partial charge in [-0.25, -0.2) is 0 Å². The predicted molar refractivity (Wildman–Crippen MR) is 109 cm³/mol. The molecule has 1 saturated heterocycles. The number of amides is 1. The molecule has 0 bridgehead atoms. The lowest BCUT2D eigenvalue weighted by molar-refractivity contribution is -0.122. The Balaban J connectivity index is 1.33. The van der Waals surface area contributed by atoms with Crippen molar-refractivity contribution in [1.82, 2.24) is 15.8 Å². The first-order chi connectivity index (χ1) is 13.7. The molecule has 0 radical (unpaired) electrons. The molecule has 2 aliphatic rings. The number of aromatic nitrogens is 1. The normalized spacial score (nSPS) is 22.0.